The van der Waals surface area contributed by atoms with Crippen LogP contribution in [-0.2, 0) is 14.8 Å². The van der Waals surface area contributed by atoms with Crippen LogP contribution in [0.4, 0.5) is 0 Å². The second kappa shape index (κ2) is 10.6. The van der Waals surface area contributed by atoms with E-state index in [0.29, 0.717) is 29.8 Å². The number of carbonyl (C=O) groups is 1. The van der Waals surface area contributed by atoms with E-state index in [4.69, 9.17) is 5.73 Å². The van der Waals surface area contributed by atoms with Crippen molar-refractivity contribution in [3.05, 3.63) is 17.5 Å². The summed E-state index contributed by atoms with van der Waals surface area (Å²) in [5.74, 6) is 0.363. The third-order valence-corrected chi connectivity index (χ3v) is 6.94. The molecule has 27 heavy (non-hydrogen) atoms. The molecule has 1 aromatic heterocycles. The number of likely N-dealkylation sites (tertiary alicyclic amines) is 1. The highest BCUT2D eigenvalue weighted by Gasteiger charge is 2.21. The Kier molecular flexibility index (Phi) is 8.48. The fraction of sp³-hybridized carbons (Fsp3) is 0.625. The highest BCUT2D eigenvalue weighted by atomic mass is 32.2. The largest absolute Gasteiger partial charge is 0.369 e. The van der Waals surface area contributed by atoms with Crippen LogP contribution in [0.1, 0.15) is 19.8 Å². The van der Waals surface area contributed by atoms with Crippen LogP contribution in [-0.4, -0.2) is 70.5 Å². The van der Waals surface area contributed by atoms with E-state index in [1.54, 1.807) is 17.5 Å². The molecule has 1 saturated heterocycles. The van der Waals surface area contributed by atoms with Gasteiger partial charge in [0.2, 0.25) is 15.9 Å². The smallest absolute Gasteiger partial charge is 0.250 e. The first-order valence-electron chi connectivity index (χ1n) is 8.99. The van der Waals surface area contributed by atoms with Crippen LogP contribution in [0.25, 0.3) is 0 Å². The summed E-state index contributed by atoms with van der Waals surface area (Å²) < 4.78 is 27.0. The molecule has 11 heteroatoms. The van der Waals surface area contributed by atoms with Crippen molar-refractivity contribution in [2.45, 2.75) is 30.0 Å². The summed E-state index contributed by atoms with van der Waals surface area (Å²) in [5, 5.41) is 8.28. The first-order valence-corrected chi connectivity index (χ1v) is 11.4. The van der Waals surface area contributed by atoms with Gasteiger partial charge in [-0.1, -0.05) is 6.07 Å². The third-order valence-electron chi connectivity index (χ3n) is 4.09. The Bertz CT molecular complexity index is 713. The highest BCUT2D eigenvalue weighted by Crippen LogP contribution is 2.14. The summed E-state index contributed by atoms with van der Waals surface area (Å²) in [6.45, 7) is 5.17. The summed E-state index contributed by atoms with van der Waals surface area (Å²) in [6.07, 6.45) is 1.78. The SMILES string of the molecule is CCNC(=NCCNS(=O)(=O)c1cccs1)NC1CCN(CC(N)=O)CC1. The van der Waals surface area contributed by atoms with Gasteiger partial charge in [0.1, 0.15) is 4.21 Å². The molecule has 1 fully saturated rings. The predicted octanol–water partition coefficient (Wildman–Crippen LogP) is -0.469. The van der Waals surface area contributed by atoms with Crippen molar-refractivity contribution in [1.29, 1.82) is 0 Å². The maximum atomic E-state index is 12.1. The Morgan fingerprint density at radius 2 is 2.15 bits per heavy atom. The van der Waals surface area contributed by atoms with Gasteiger partial charge < -0.3 is 16.4 Å². The van der Waals surface area contributed by atoms with Crippen LogP contribution in [0, 0.1) is 0 Å². The summed E-state index contributed by atoms with van der Waals surface area (Å²) in [5.41, 5.74) is 5.23. The highest BCUT2D eigenvalue weighted by molar-refractivity contribution is 7.91. The lowest BCUT2D eigenvalue weighted by Gasteiger charge is -2.32. The Balaban J connectivity index is 1.78. The predicted molar refractivity (Wildman–Crippen MR) is 107 cm³/mol. The van der Waals surface area contributed by atoms with E-state index < -0.39 is 10.0 Å². The van der Waals surface area contributed by atoms with Crippen molar-refractivity contribution in [2.24, 2.45) is 10.7 Å². The van der Waals surface area contributed by atoms with Gasteiger partial charge in [0.25, 0.3) is 0 Å². The van der Waals surface area contributed by atoms with Gasteiger partial charge in [-0.15, -0.1) is 11.3 Å². The van der Waals surface area contributed by atoms with E-state index in [1.807, 2.05) is 11.8 Å². The topological polar surface area (TPSA) is 129 Å². The van der Waals surface area contributed by atoms with Crippen molar-refractivity contribution < 1.29 is 13.2 Å². The number of sulfonamides is 1. The van der Waals surface area contributed by atoms with E-state index in [-0.39, 0.29) is 18.5 Å². The van der Waals surface area contributed by atoms with Crippen LogP contribution in [0.5, 0.6) is 0 Å². The molecule has 9 nitrogen and oxygen atoms in total. The van der Waals surface area contributed by atoms with Gasteiger partial charge in [-0.3, -0.25) is 14.7 Å². The zero-order valence-electron chi connectivity index (χ0n) is 15.5. The van der Waals surface area contributed by atoms with E-state index >= 15 is 0 Å². The van der Waals surface area contributed by atoms with Crippen molar-refractivity contribution in [1.82, 2.24) is 20.3 Å². The van der Waals surface area contributed by atoms with Crippen LogP contribution >= 0.6 is 11.3 Å². The van der Waals surface area contributed by atoms with Gasteiger partial charge in [-0.05, 0) is 31.2 Å². The van der Waals surface area contributed by atoms with E-state index in [9.17, 15) is 13.2 Å². The number of nitrogens with zero attached hydrogens (tertiary/aromatic N) is 2. The average molecular weight is 417 g/mol. The first-order chi connectivity index (χ1) is 12.9. The van der Waals surface area contributed by atoms with E-state index in [1.165, 1.54) is 11.3 Å². The van der Waals surface area contributed by atoms with Crippen molar-refractivity contribution in [2.75, 3.05) is 39.3 Å². The van der Waals surface area contributed by atoms with Crippen molar-refractivity contribution >= 4 is 33.2 Å². The minimum atomic E-state index is -3.46. The molecule has 0 radical (unpaired) electrons. The second-order valence-electron chi connectivity index (χ2n) is 6.25. The molecule has 0 spiro atoms. The van der Waals surface area contributed by atoms with Crippen LogP contribution in [0.2, 0.25) is 0 Å². The number of primary amides is 1. The zero-order valence-corrected chi connectivity index (χ0v) is 17.1. The number of guanidine groups is 1. The lowest BCUT2D eigenvalue weighted by Crippen LogP contribution is -2.50. The molecule has 1 aliphatic rings. The van der Waals surface area contributed by atoms with Gasteiger partial charge in [0.05, 0.1) is 13.1 Å². The molecule has 0 unspecified atom stereocenters. The molecular formula is C16H28N6O3S2. The number of nitrogens with one attached hydrogen (secondary N) is 3. The minimum Gasteiger partial charge on any atom is -0.369 e. The molecule has 1 aromatic rings. The number of thiophene rings is 1. The lowest BCUT2D eigenvalue weighted by molar-refractivity contribution is -0.119. The van der Waals surface area contributed by atoms with Gasteiger partial charge in [0, 0.05) is 32.2 Å². The Morgan fingerprint density at radius 1 is 1.41 bits per heavy atom. The maximum absolute atomic E-state index is 12.1. The molecule has 0 aliphatic carbocycles. The standard InChI is InChI=1S/C16H28N6O3S2/c1-2-18-16(21-13-5-9-22(10-6-13)12-14(17)23)19-7-8-20-27(24,25)15-4-3-11-26-15/h3-4,11,13,20H,2,5-10,12H2,1H3,(H2,17,23)(H2,18,19,21). The van der Waals surface area contributed by atoms with Gasteiger partial charge in [-0.25, -0.2) is 13.1 Å². The number of piperidine rings is 1. The van der Waals surface area contributed by atoms with Crippen LogP contribution in [0.15, 0.2) is 26.7 Å². The monoisotopic (exact) mass is 416 g/mol. The summed E-state index contributed by atoms with van der Waals surface area (Å²) in [4.78, 5) is 17.5. The third kappa shape index (κ3) is 7.45. The molecule has 0 aromatic carbocycles. The molecule has 5 N–H and O–H groups in total. The molecule has 2 rings (SSSR count). The fourth-order valence-electron chi connectivity index (χ4n) is 2.80. The van der Waals surface area contributed by atoms with Crippen molar-refractivity contribution in [3.8, 4) is 0 Å². The zero-order chi connectivity index (χ0) is 19.7. The molecule has 2 heterocycles. The number of hydrogen-bond donors (Lipinski definition) is 4. The number of nitrogens with two attached hydrogens (primary N) is 1. The maximum Gasteiger partial charge on any atom is 0.250 e. The lowest BCUT2D eigenvalue weighted by atomic mass is 10.1. The number of amides is 1. The summed E-state index contributed by atoms with van der Waals surface area (Å²) in [6, 6.07) is 3.54. The van der Waals surface area contributed by atoms with Gasteiger partial charge in [0.15, 0.2) is 5.96 Å². The minimum absolute atomic E-state index is 0.230. The molecule has 1 amide bonds. The van der Waals surface area contributed by atoms with E-state index in [2.05, 4.69) is 20.3 Å². The Morgan fingerprint density at radius 3 is 2.74 bits per heavy atom. The quantitative estimate of drug-likeness (QED) is 0.245. The van der Waals surface area contributed by atoms with Gasteiger partial charge in [-0.2, -0.15) is 0 Å². The molecule has 1 aliphatic heterocycles. The molecular weight excluding hydrogens is 388 g/mol. The fourth-order valence-corrected chi connectivity index (χ4v) is 4.86. The molecule has 0 saturated carbocycles. The molecule has 152 valence electrons. The molecule has 0 atom stereocenters. The average Bonchev–Trinajstić information content (AvgIpc) is 3.16. The Hall–Kier alpha value is -1.69. The number of aliphatic imine (C=N–C) groups is 1. The van der Waals surface area contributed by atoms with Crippen LogP contribution in [0.3, 0.4) is 0 Å². The second-order valence-corrected chi connectivity index (χ2v) is 9.19. The summed E-state index contributed by atoms with van der Waals surface area (Å²) >= 11 is 1.19. The van der Waals surface area contributed by atoms with Crippen LogP contribution < -0.4 is 21.1 Å². The Labute approximate surface area is 164 Å². The number of hydrogen-bond acceptors (Lipinski definition) is 6. The van der Waals surface area contributed by atoms with Gasteiger partial charge >= 0.3 is 0 Å². The molecule has 0 bridgehead atoms. The normalized spacial score (nSPS) is 17.0. The van der Waals surface area contributed by atoms with Crippen molar-refractivity contribution in [3.63, 3.8) is 0 Å². The number of rotatable bonds is 9. The summed E-state index contributed by atoms with van der Waals surface area (Å²) in [7, 11) is -3.46. The first kappa shape index (κ1) is 21.6. The number of carbonyl (C=O) groups excluding carboxylic acids is 1. The van der Waals surface area contributed by atoms with E-state index in [0.717, 1.165) is 25.9 Å².